The second kappa shape index (κ2) is 20.6. The van der Waals surface area contributed by atoms with E-state index in [2.05, 4.69) is 211 Å². The monoisotopic (exact) mass is 1100 g/mol. The van der Waals surface area contributed by atoms with Crippen LogP contribution in [0.5, 0.6) is 0 Å². The molecule has 0 saturated heterocycles. The Morgan fingerprint density at radius 2 is 0.819 bits per heavy atom. The molecule has 3 heterocycles. The molecule has 12 rings (SSSR count). The standard InChI is InChI=1S/C67H43N4.Ir/c1-4-17-47(18-5-1)48-29-31-50(32-30-48)64-44-67(52-21-8-3-9-22-52)69-46-65(64)63-28-15-14-27-62(63)56-42-54(60-25-12-10-23-58(60)49-33-36-57(37-34-49)71-40-16-39-70-71)41-55(43-56)61-26-13-11-24-59(61)53-35-38-66(68-45-53)51-19-6-2-7-20-51;/h1-19,21,23-36,38-46H;/q-3;+3. The Bertz CT molecular complexity index is 3760. The molecule has 0 spiro atoms. The first kappa shape index (κ1) is 45.6. The number of nitrogens with zero attached hydrogens (tertiary/aromatic N) is 4. The van der Waals surface area contributed by atoms with Gasteiger partial charge in [0, 0.05) is 30.4 Å². The summed E-state index contributed by atoms with van der Waals surface area (Å²) in [6.07, 6.45) is 7.74. The van der Waals surface area contributed by atoms with Crippen molar-refractivity contribution in [2.24, 2.45) is 0 Å². The number of benzene rings is 9. The largest absolute Gasteiger partial charge is 3.00 e. The quantitative estimate of drug-likeness (QED) is 0.121. The Hall–Kier alpha value is -8.86. The normalized spacial score (nSPS) is 10.9. The smallest absolute Gasteiger partial charge is 0.304 e. The molecule has 340 valence electrons. The van der Waals surface area contributed by atoms with Gasteiger partial charge < -0.3 is 9.97 Å². The van der Waals surface area contributed by atoms with Crippen LogP contribution in [0.2, 0.25) is 0 Å². The number of pyridine rings is 2. The molecule has 0 N–H and O–H groups in total. The molecule has 0 aliphatic rings. The fraction of sp³-hybridized carbons (Fsp3) is 0. The van der Waals surface area contributed by atoms with E-state index in [9.17, 15) is 0 Å². The van der Waals surface area contributed by atoms with Gasteiger partial charge in [-0.2, -0.15) is 23.3 Å². The fourth-order valence-electron chi connectivity index (χ4n) is 9.52. The average Bonchev–Trinajstić information content (AvgIpc) is 4.02. The molecule has 9 aromatic carbocycles. The molecule has 72 heavy (non-hydrogen) atoms. The predicted octanol–water partition coefficient (Wildman–Crippen LogP) is 16.7. The molecular formula is C67H43IrN4. The summed E-state index contributed by atoms with van der Waals surface area (Å²) in [5, 5.41) is 4.44. The van der Waals surface area contributed by atoms with Crippen LogP contribution in [0.1, 0.15) is 0 Å². The van der Waals surface area contributed by atoms with E-state index in [0.717, 1.165) is 106 Å². The SMILES string of the molecule is [Ir+3].[c-]1ccccc1-c1ccc(-c2ccccc2-c2cc(-c3ccccc3-c3c[c-]c(-n4cccn4)cc3)cc(-c3ccccc3-c3cnc(-c4[c-]cccc4)cc3-c3ccc(-c4ccccc4)cc3)c2)cn1. The minimum absolute atomic E-state index is 0. The molecule has 5 heteroatoms. The third-order valence-corrected chi connectivity index (χ3v) is 13.0. The van der Waals surface area contributed by atoms with Crippen molar-refractivity contribution in [1.29, 1.82) is 0 Å². The Labute approximate surface area is 434 Å². The fourth-order valence-corrected chi connectivity index (χ4v) is 9.52. The molecule has 0 aliphatic heterocycles. The van der Waals surface area contributed by atoms with Gasteiger partial charge in [-0.3, -0.25) is 4.68 Å². The van der Waals surface area contributed by atoms with Gasteiger partial charge in [-0.1, -0.05) is 151 Å². The summed E-state index contributed by atoms with van der Waals surface area (Å²) in [7, 11) is 0. The van der Waals surface area contributed by atoms with Crippen LogP contribution in [0, 0.1) is 18.2 Å². The van der Waals surface area contributed by atoms with Crippen molar-refractivity contribution in [1.82, 2.24) is 19.7 Å². The van der Waals surface area contributed by atoms with Crippen LogP contribution >= 0.6 is 0 Å². The third-order valence-electron chi connectivity index (χ3n) is 13.0. The molecule has 0 unspecified atom stereocenters. The van der Waals surface area contributed by atoms with Gasteiger partial charge in [-0.05, 0) is 114 Å². The molecule has 0 aliphatic carbocycles. The number of hydrogen-bond donors (Lipinski definition) is 0. The number of hydrogen-bond acceptors (Lipinski definition) is 3. The predicted molar refractivity (Wildman–Crippen MR) is 290 cm³/mol. The van der Waals surface area contributed by atoms with Crippen LogP contribution in [0.3, 0.4) is 0 Å². The second-order valence-corrected chi connectivity index (χ2v) is 17.4. The van der Waals surface area contributed by atoms with Gasteiger partial charge in [0.15, 0.2) is 0 Å². The van der Waals surface area contributed by atoms with E-state index in [4.69, 9.17) is 9.97 Å². The van der Waals surface area contributed by atoms with Crippen LogP contribution in [-0.2, 0) is 20.1 Å². The summed E-state index contributed by atoms with van der Waals surface area (Å²) in [4.78, 5) is 10.1. The molecule has 0 amide bonds. The minimum Gasteiger partial charge on any atom is -0.304 e. The second-order valence-electron chi connectivity index (χ2n) is 17.4. The average molecular weight is 1100 g/mol. The molecule has 0 saturated carbocycles. The van der Waals surface area contributed by atoms with Crippen LogP contribution in [0.4, 0.5) is 0 Å². The van der Waals surface area contributed by atoms with Crippen molar-refractivity contribution in [3.63, 3.8) is 0 Å². The molecular weight excluding hydrogens is 1050 g/mol. The maximum Gasteiger partial charge on any atom is 3.00 e. The van der Waals surface area contributed by atoms with Crippen LogP contribution in [0.25, 0.3) is 117 Å². The summed E-state index contributed by atoms with van der Waals surface area (Å²) < 4.78 is 1.83. The van der Waals surface area contributed by atoms with Crippen LogP contribution in [-0.4, -0.2) is 19.7 Å². The first-order valence-electron chi connectivity index (χ1n) is 23.7. The zero-order valence-corrected chi connectivity index (χ0v) is 41.3. The number of aromatic nitrogens is 4. The molecule has 4 nitrogen and oxygen atoms in total. The van der Waals surface area contributed by atoms with Crippen LogP contribution < -0.4 is 0 Å². The minimum atomic E-state index is 0. The van der Waals surface area contributed by atoms with Gasteiger partial charge >= 0.3 is 20.1 Å². The Morgan fingerprint density at radius 3 is 1.38 bits per heavy atom. The molecule has 0 atom stereocenters. The van der Waals surface area contributed by atoms with E-state index in [1.165, 1.54) is 11.1 Å². The van der Waals surface area contributed by atoms with Crippen LogP contribution in [0.15, 0.2) is 261 Å². The zero-order valence-electron chi connectivity index (χ0n) is 38.9. The molecule has 0 radical (unpaired) electrons. The summed E-state index contributed by atoms with van der Waals surface area (Å²) in [6, 6.07) is 93.4. The van der Waals surface area contributed by atoms with Crippen molar-refractivity contribution >= 4 is 0 Å². The van der Waals surface area contributed by atoms with Crippen molar-refractivity contribution in [3.8, 4) is 117 Å². The van der Waals surface area contributed by atoms with Gasteiger partial charge in [-0.15, -0.1) is 83.4 Å². The zero-order chi connectivity index (χ0) is 47.3. The molecule has 12 aromatic rings. The van der Waals surface area contributed by atoms with Gasteiger partial charge in [0.05, 0.1) is 0 Å². The maximum atomic E-state index is 5.13. The van der Waals surface area contributed by atoms with Crippen molar-refractivity contribution in [2.75, 3.05) is 0 Å². The number of rotatable bonds is 11. The van der Waals surface area contributed by atoms with Gasteiger partial charge in [0.25, 0.3) is 0 Å². The van der Waals surface area contributed by atoms with Gasteiger partial charge in [0.2, 0.25) is 0 Å². The molecule has 0 bridgehead atoms. The first-order chi connectivity index (χ1) is 35.2. The van der Waals surface area contributed by atoms with E-state index in [0.29, 0.717) is 0 Å². The Balaban J connectivity index is 0.00000560. The van der Waals surface area contributed by atoms with E-state index in [1.807, 2.05) is 71.8 Å². The third kappa shape index (κ3) is 9.31. The van der Waals surface area contributed by atoms with Crippen molar-refractivity contribution < 1.29 is 20.1 Å². The van der Waals surface area contributed by atoms with E-state index in [-0.39, 0.29) is 20.1 Å². The van der Waals surface area contributed by atoms with Gasteiger partial charge in [0.1, 0.15) is 0 Å². The van der Waals surface area contributed by atoms with Crippen molar-refractivity contribution in [2.45, 2.75) is 0 Å². The Morgan fingerprint density at radius 1 is 0.319 bits per heavy atom. The van der Waals surface area contributed by atoms with E-state index < -0.39 is 0 Å². The molecule has 3 aromatic heterocycles. The first-order valence-corrected chi connectivity index (χ1v) is 23.7. The van der Waals surface area contributed by atoms with Gasteiger partial charge in [-0.25, -0.2) is 0 Å². The summed E-state index contributed by atoms with van der Waals surface area (Å²) in [6.45, 7) is 0. The van der Waals surface area contributed by atoms with Crippen molar-refractivity contribution in [3.05, 3.63) is 280 Å². The maximum absolute atomic E-state index is 5.13. The summed E-state index contributed by atoms with van der Waals surface area (Å²) in [5.74, 6) is 0. The summed E-state index contributed by atoms with van der Waals surface area (Å²) >= 11 is 0. The summed E-state index contributed by atoms with van der Waals surface area (Å²) in [5.41, 5.74) is 22.1. The topological polar surface area (TPSA) is 43.6 Å². The molecule has 0 fully saturated rings. The van der Waals surface area contributed by atoms with E-state index in [1.54, 1.807) is 6.20 Å². The van der Waals surface area contributed by atoms with E-state index >= 15 is 0 Å². The Kier molecular flexibility index (Phi) is 13.1.